The second kappa shape index (κ2) is 4.15. The van der Waals surface area contributed by atoms with Gasteiger partial charge in [0.25, 0.3) is 0 Å². The lowest BCUT2D eigenvalue weighted by atomic mass is 10.4. The van der Waals surface area contributed by atoms with Gasteiger partial charge in [0.1, 0.15) is 0 Å². The average Bonchev–Trinajstić information content (AvgIpc) is 2.64. The maximum atomic E-state index is 11.7. The van der Waals surface area contributed by atoms with Crippen molar-refractivity contribution in [2.45, 2.75) is 13.0 Å². The van der Waals surface area contributed by atoms with Crippen molar-refractivity contribution in [1.29, 1.82) is 0 Å². The summed E-state index contributed by atoms with van der Waals surface area (Å²) in [6.45, 7) is 0.212. The summed E-state index contributed by atoms with van der Waals surface area (Å²) in [5.74, 6) is 4.61. The molecule has 0 aliphatic rings. The van der Waals surface area contributed by atoms with E-state index in [4.69, 9.17) is 5.84 Å². The number of carbonyl (C=O) groups is 1. The summed E-state index contributed by atoms with van der Waals surface area (Å²) in [4.78, 5) is 22.7. The van der Waals surface area contributed by atoms with Gasteiger partial charge in [0.2, 0.25) is 5.91 Å². The van der Waals surface area contributed by atoms with Gasteiger partial charge in [0.15, 0.2) is 5.65 Å². The molecule has 0 saturated heterocycles. The molecule has 7 heteroatoms. The molecule has 0 atom stereocenters. The minimum absolute atomic E-state index is 0.125. The van der Waals surface area contributed by atoms with E-state index in [1.165, 1.54) is 9.08 Å². The van der Waals surface area contributed by atoms with E-state index in [2.05, 4.69) is 5.10 Å². The first-order valence-corrected chi connectivity index (χ1v) is 4.76. The van der Waals surface area contributed by atoms with Gasteiger partial charge in [-0.15, -0.1) is 5.10 Å². The van der Waals surface area contributed by atoms with Crippen molar-refractivity contribution in [3.63, 3.8) is 0 Å². The van der Waals surface area contributed by atoms with Crippen LogP contribution < -0.4 is 17.0 Å². The van der Waals surface area contributed by atoms with Gasteiger partial charge >= 0.3 is 5.69 Å². The zero-order valence-electron chi connectivity index (χ0n) is 8.46. The molecule has 7 nitrogen and oxygen atoms in total. The van der Waals surface area contributed by atoms with Gasteiger partial charge in [-0.1, -0.05) is 6.07 Å². The van der Waals surface area contributed by atoms with Crippen LogP contribution in [0.1, 0.15) is 6.42 Å². The fraction of sp³-hybridized carbons (Fsp3) is 0.222. The van der Waals surface area contributed by atoms with Gasteiger partial charge in [0.05, 0.1) is 6.54 Å². The summed E-state index contributed by atoms with van der Waals surface area (Å²) in [6.07, 6.45) is 1.75. The average molecular weight is 221 g/mol. The summed E-state index contributed by atoms with van der Waals surface area (Å²) in [5.41, 5.74) is 2.29. The number of nitrogens with zero attached hydrogens (tertiary/aromatic N) is 3. The van der Waals surface area contributed by atoms with Crippen molar-refractivity contribution in [2.24, 2.45) is 5.84 Å². The van der Waals surface area contributed by atoms with Crippen LogP contribution in [0.4, 0.5) is 0 Å². The number of carbonyl (C=O) groups excluding carboxylic acids is 1. The summed E-state index contributed by atoms with van der Waals surface area (Å²) >= 11 is 0. The Morgan fingerprint density at radius 3 is 3.00 bits per heavy atom. The molecule has 0 radical (unpaired) electrons. The number of pyridine rings is 1. The second-order valence-electron chi connectivity index (χ2n) is 3.25. The molecule has 1 amide bonds. The molecule has 2 aromatic rings. The maximum Gasteiger partial charge on any atom is 0.350 e. The summed E-state index contributed by atoms with van der Waals surface area (Å²) < 4.78 is 2.66. The SMILES string of the molecule is NNC(=O)CCn1nc2ccccn2c1=O. The van der Waals surface area contributed by atoms with Gasteiger partial charge in [-0.25, -0.2) is 15.3 Å². The third-order valence-electron chi connectivity index (χ3n) is 2.20. The Balaban J connectivity index is 2.28. The lowest BCUT2D eigenvalue weighted by Gasteiger charge is -1.97. The highest BCUT2D eigenvalue weighted by Crippen LogP contribution is 1.95. The molecule has 0 spiro atoms. The number of nitrogens with one attached hydrogen (secondary N) is 1. The van der Waals surface area contributed by atoms with Crippen molar-refractivity contribution in [3.05, 3.63) is 34.9 Å². The van der Waals surface area contributed by atoms with Crippen LogP contribution in [-0.4, -0.2) is 20.1 Å². The zero-order valence-corrected chi connectivity index (χ0v) is 8.46. The van der Waals surface area contributed by atoms with Crippen LogP contribution in [0.5, 0.6) is 0 Å². The molecule has 0 fully saturated rings. The molecule has 0 saturated carbocycles. The van der Waals surface area contributed by atoms with Crippen molar-refractivity contribution in [1.82, 2.24) is 19.6 Å². The Bertz CT molecular complexity index is 571. The normalized spacial score (nSPS) is 10.6. The van der Waals surface area contributed by atoms with Gasteiger partial charge in [-0.3, -0.25) is 14.6 Å². The van der Waals surface area contributed by atoms with Gasteiger partial charge in [-0.05, 0) is 12.1 Å². The first-order chi connectivity index (χ1) is 7.72. The van der Waals surface area contributed by atoms with Crippen molar-refractivity contribution >= 4 is 11.6 Å². The Kier molecular flexibility index (Phi) is 2.69. The monoisotopic (exact) mass is 221 g/mol. The molecule has 2 aromatic heterocycles. The molecule has 0 aliphatic heterocycles. The zero-order chi connectivity index (χ0) is 11.5. The van der Waals surface area contributed by atoms with E-state index in [0.29, 0.717) is 5.65 Å². The van der Waals surface area contributed by atoms with Crippen molar-refractivity contribution in [3.8, 4) is 0 Å². The molecule has 0 aromatic carbocycles. The molecule has 2 heterocycles. The Hall–Kier alpha value is -2.15. The lowest BCUT2D eigenvalue weighted by molar-refractivity contribution is -0.121. The quantitative estimate of drug-likeness (QED) is 0.390. The van der Waals surface area contributed by atoms with Crippen LogP contribution in [-0.2, 0) is 11.3 Å². The number of hydrogen-bond donors (Lipinski definition) is 2. The number of hydrogen-bond acceptors (Lipinski definition) is 4. The number of rotatable bonds is 3. The Labute approximate surface area is 90.4 Å². The highest BCUT2D eigenvalue weighted by molar-refractivity contribution is 5.74. The van der Waals surface area contributed by atoms with E-state index in [-0.39, 0.29) is 24.6 Å². The lowest BCUT2D eigenvalue weighted by Crippen LogP contribution is -2.32. The highest BCUT2D eigenvalue weighted by Gasteiger charge is 2.07. The van der Waals surface area contributed by atoms with Gasteiger partial charge in [0, 0.05) is 12.6 Å². The van der Waals surface area contributed by atoms with E-state index in [0.717, 1.165) is 0 Å². The summed E-state index contributed by atoms with van der Waals surface area (Å²) in [7, 11) is 0. The molecule has 16 heavy (non-hydrogen) atoms. The molecular formula is C9H11N5O2. The third kappa shape index (κ3) is 1.80. The maximum absolute atomic E-state index is 11.7. The standard InChI is InChI=1S/C9H11N5O2/c10-11-8(15)4-6-14-9(16)13-5-2-1-3-7(13)12-14/h1-3,5H,4,6,10H2,(H,11,15). The van der Waals surface area contributed by atoms with Crippen LogP contribution in [0, 0.1) is 0 Å². The summed E-state index contributed by atoms with van der Waals surface area (Å²) in [5, 5.41) is 4.06. The van der Waals surface area contributed by atoms with Gasteiger partial charge < -0.3 is 0 Å². The van der Waals surface area contributed by atoms with E-state index < -0.39 is 0 Å². The number of nitrogens with two attached hydrogens (primary N) is 1. The van der Waals surface area contributed by atoms with Crippen LogP contribution in [0.15, 0.2) is 29.2 Å². The third-order valence-corrected chi connectivity index (χ3v) is 2.20. The van der Waals surface area contributed by atoms with Crippen LogP contribution in [0.2, 0.25) is 0 Å². The van der Waals surface area contributed by atoms with Crippen LogP contribution in [0.3, 0.4) is 0 Å². The van der Waals surface area contributed by atoms with E-state index >= 15 is 0 Å². The Morgan fingerprint density at radius 1 is 1.50 bits per heavy atom. The fourth-order valence-electron chi connectivity index (χ4n) is 1.39. The van der Waals surface area contributed by atoms with E-state index in [1.807, 2.05) is 5.43 Å². The number of aryl methyl sites for hydroxylation is 1. The summed E-state index contributed by atoms with van der Waals surface area (Å²) in [6, 6.07) is 5.26. The highest BCUT2D eigenvalue weighted by atomic mass is 16.2. The fourth-order valence-corrected chi connectivity index (χ4v) is 1.39. The second-order valence-corrected chi connectivity index (χ2v) is 3.25. The number of fused-ring (bicyclic) bond motifs is 1. The number of hydrazine groups is 1. The largest absolute Gasteiger partial charge is 0.350 e. The Morgan fingerprint density at radius 2 is 2.31 bits per heavy atom. The molecule has 84 valence electrons. The van der Waals surface area contributed by atoms with Gasteiger partial charge in [-0.2, -0.15) is 0 Å². The number of aromatic nitrogens is 3. The van der Waals surface area contributed by atoms with Crippen molar-refractivity contribution in [2.75, 3.05) is 0 Å². The minimum Gasteiger partial charge on any atom is -0.294 e. The topological polar surface area (TPSA) is 94.4 Å². The molecule has 0 unspecified atom stereocenters. The molecule has 3 N–H and O–H groups in total. The minimum atomic E-state index is -0.330. The van der Waals surface area contributed by atoms with E-state index in [1.54, 1.807) is 24.4 Å². The van der Waals surface area contributed by atoms with Crippen LogP contribution >= 0.6 is 0 Å². The molecular weight excluding hydrogens is 210 g/mol. The molecule has 0 bridgehead atoms. The van der Waals surface area contributed by atoms with Crippen molar-refractivity contribution < 1.29 is 4.79 Å². The first-order valence-electron chi connectivity index (χ1n) is 4.76. The molecule has 2 rings (SSSR count). The predicted molar refractivity (Wildman–Crippen MR) is 56.4 cm³/mol. The van der Waals surface area contributed by atoms with E-state index in [9.17, 15) is 9.59 Å². The predicted octanol–water partition coefficient (Wildman–Crippen LogP) is -1.12. The smallest absolute Gasteiger partial charge is 0.294 e. The number of amides is 1. The molecule has 0 aliphatic carbocycles. The van der Waals surface area contributed by atoms with Crippen LogP contribution in [0.25, 0.3) is 5.65 Å². The first kappa shape index (κ1) is 10.4.